The van der Waals surface area contributed by atoms with Gasteiger partial charge in [-0.2, -0.15) is 0 Å². The van der Waals surface area contributed by atoms with Gasteiger partial charge >= 0.3 is 0 Å². The first-order valence-corrected chi connectivity index (χ1v) is 7.78. The molecule has 0 amide bonds. The average molecular weight is 310 g/mol. The molecule has 4 rings (SSSR count). The van der Waals surface area contributed by atoms with E-state index in [4.69, 9.17) is 0 Å². The summed E-state index contributed by atoms with van der Waals surface area (Å²) >= 11 is 0. The first-order valence-electron chi connectivity index (χ1n) is 7.78. The van der Waals surface area contributed by atoms with Crippen LogP contribution in [0.15, 0.2) is 78.9 Å². The number of carbonyl (C=O) groups excluding carboxylic acids is 2. The van der Waals surface area contributed by atoms with E-state index < -0.39 is 5.78 Å². The van der Waals surface area contributed by atoms with E-state index in [9.17, 15) is 9.59 Å². The second kappa shape index (κ2) is 5.74. The van der Waals surface area contributed by atoms with Crippen molar-refractivity contribution in [2.24, 2.45) is 0 Å². The van der Waals surface area contributed by atoms with E-state index in [1.54, 1.807) is 0 Å². The van der Waals surface area contributed by atoms with E-state index in [1.807, 2.05) is 54.6 Å². The highest BCUT2D eigenvalue weighted by atomic mass is 16.2. The second-order valence-corrected chi connectivity index (χ2v) is 5.76. The molecule has 0 spiro atoms. The molecule has 0 fully saturated rings. The maximum Gasteiger partial charge on any atom is 0.226 e. The highest BCUT2D eigenvalue weighted by Crippen LogP contribution is 2.31. The molecule has 0 aliphatic carbocycles. The molecule has 0 heterocycles. The normalized spacial score (nSPS) is 10.8. The van der Waals surface area contributed by atoms with Crippen molar-refractivity contribution < 1.29 is 9.59 Å². The minimum Gasteiger partial charge on any atom is -0.294 e. The minimum atomic E-state index is -0.482. The number of rotatable bonds is 3. The molecule has 4 aromatic carbocycles. The van der Waals surface area contributed by atoms with Gasteiger partial charge in [-0.15, -0.1) is 0 Å². The van der Waals surface area contributed by atoms with Crippen LogP contribution >= 0.6 is 0 Å². The third-order valence-electron chi connectivity index (χ3n) is 4.32. The van der Waals surface area contributed by atoms with Crippen molar-refractivity contribution >= 4 is 33.6 Å². The van der Waals surface area contributed by atoms with Crippen molar-refractivity contribution in [1.29, 1.82) is 0 Å². The third kappa shape index (κ3) is 2.29. The van der Waals surface area contributed by atoms with Gasteiger partial charge in [0.05, 0.1) is 0 Å². The summed E-state index contributed by atoms with van der Waals surface area (Å²) in [4.78, 5) is 23.4. The molecule has 4 aromatic rings. The smallest absolute Gasteiger partial charge is 0.226 e. The van der Waals surface area contributed by atoms with Crippen LogP contribution in [0.2, 0.25) is 0 Å². The van der Waals surface area contributed by atoms with Crippen molar-refractivity contribution in [1.82, 2.24) is 0 Å². The predicted octanol–water partition coefficient (Wildman–Crippen LogP) is 5.04. The number of ketones is 1. The molecule has 2 heteroatoms. The van der Waals surface area contributed by atoms with Gasteiger partial charge in [0.2, 0.25) is 5.78 Å². The Bertz CT molecular complexity index is 1080. The number of Topliss-reactive ketones (excluding diaryl/α,β-unsaturated/α-hetero) is 1. The van der Waals surface area contributed by atoms with E-state index in [1.165, 1.54) is 0 Å². The summed E-state index contributed by atoms with van der Waals surface area (Å²) in [6, 6.07) is 25.8. The quantitative estimate of drug-likeness (QED) is 0.230. The van der Waals surface area contributed by atoms with Crippen molar-refractivity contribution in [3.05, 3.63) is 84.4 Å². The third-order valence-corrected chi connectivity index (χ3v) is 4.32. The van der Waals surface area contributed by atoms with Crippen molar-refractivity contribution in [2.45, 2.75) is 0 Å². The topological polar surface area (TPSA) is 34.1 Å². The number of fused-ring (bicyclic) bond motifs is 2. The van der Waals surface area contributed by atoms with E-state index in [-0.39, 0.29) is 0 Å². The molecule has 0 aliphatic heterocycles. The van der Waals surface area contributed by atoms with Gasteiger partial charge in [-0.05, 0) is 44.8 Å². The minimum absolute atomic E-state index is 0.395. The fourth-order valence-electron chi connectivity index (χ4n) is 3.21. The molecule has 2 nitrogen and oxygen atoms in total. The van der Waals surface area contributed by atoms with Crippen molar-refractivity contribution in [3.63, 3.8) is 0 Å². The van der Waals surface area contributed by atoms with Crippen LogP contribution in [0.4, 0.5) is 0 Å². The fraction of sp³-hybridized carbons (Fsp3) is 0. The van der Waals surface area contributed by atoms with Crippen LogP contribution in [0.5, 0.6) is 0 Å². The molecule has 114 valence electrons. The first-order chi connectivity index (χ1) is 11.8. The number of hydrogen-bond acceptors (Lipinski definition) is 2. The van der Waals surface area contributed by atoms with E-state index in [2.05, 4.69) is 24.3 Å². The lowest BCUT2D eigenvalue weighted by molar-refractivity contribution is -0.104. The lowest BCUT2D eigenvalue weighted by atomic mass is 9.92. The van der Waals surface area contributed by atoms with Crippen molar-refractivity contribution in [2.75, 3.05) is 0 Å². The van der Waals surface area contributed by atoms with Gasteiger partial charge < -0.3 is 0 Å². The van der Waals surface area contributed by atoms with Crippen LogP contribution in [-0.2, 0) is 4.79 Å². The summed E-state index contributed by atoms with van der Waals surface area (Å²) in [5.74, 6) is -0.482. The van der Waals surface area contributed by atoms with Crippen LogP contribution in [0, 0.1) is 0 Å². The zero-order valence-corrected chi connectivity index (χ0v) is 12.9. The number of benzene rings is 4. The molecule has 0 radical (unpaired) electrons. The summed E-state index contributed by atoms with van der Waals surface area (Å²) < 4.78 is 0. The molecule has 0 saturated heterocycles. The van der Waals surface area contributed by atoms with E-state index in [0.717, 1.165) is 32.7 Å². The lowest BCUT2D eigenvalue weighted by Gasteiger charge is -2.10. The summed E-state index contributed by atoms with van der Waals surface area (Å²) in [5, 5.41) is 3.54. The zero-order chi connectivity index (χ0) is 16.5. The number of aldehydes is 1. The van der Waals surface area contributed by atoms with Gasteiger partial charge in [-0.1, -0.05) is 66.7 Å². The Morgan fingerprint density at radius 3 is 2.17 bits per heavy atom. The van der Waals surface area contributed by atoms with Gasteiger partial charge in [0.25, 0.3) is 0 Å². The number of carbonyl (C=O) groups is 2. The van der Waals surface area contributed by atoms with Crippen LogP contribution in [0.25, 0.3) is 32.7 Å². The average Bonchev–Trinajstić information content (AvgIpc) is 2.65. The molecule has 0 atom stereocenters. The highest BCUT2D eigenvalue weighted by Gasteiger charge is 2.14. The number of hydrogen-bond donors (Lipinski definition) is 0. The van der Waals surface area contributed by atoms with E-state index in [0.29, 0.717) is 11.8 Å². The molecule has 0 saturated carbocycles. The molecular weight excluding hydrogens is 296 g/mol. The Kier molecular flexibility index (Phi) is 3.43. The van der Waals surface area contributed by atoms with Gasteiger partial charge in [-0.25, -0.2) is 0 Å². The lowest BCUT2D eigenvalue weighted by Crippen LogP contribution is -2.02. The molecule has 0 aromatic heterocycles. The van der Waals surface area contributed by atoms with Crippen molar-refractivity contribution in [3.8, 4) is 11.1 Å². The summed E-state index contributed by atoms with van der Waals surface area (Å²) in [6.45, 7) is 0. The van der Waals surface area contributed by atoms with Gasteiger partial charge in [0, 0.05) is 5.56 Å². The molecular formula is C22H14O2. The Labute approximate surface area is 139 Å². The molecule has 0 unspecified atom stereocenters. The second-order valence-electron chi connectivity index (χ2n) is 5.76. The standard InChI is InChI=1S/C22H14O2/c23-14-21(24)22-19-9-5-4-8-17(19)13-18-12-16(10-11-20(18)22)15-6-2-1-3-7-15/h1-14H. The Hall–Kier alpha value is -3.26. The molecule has 0 N–H and O–H groups in total. The fourth-order valence-corrected chi connectivity index (χ4v) is 3.21. The zero-order valence-electron chi connectivity index (χ0n) is 12.9. The molecule has 24 heavy (non-hydrogen) atoms. The van der Waals surface area contributed by atoms with Crippen LogP contribution in [0.3, 0.4) is 0 Å². The monoisotopic (exact) mass is 310 g/mol. The molecule has 0 bridgehead atoms. The van der Waals surface area contributed by atoms with Gasteiger partial charge in [0.15, 0.2) is 6.29 Å². The van der Waals surface area contributed by atoms with Crippen LogP contribution in [-0.4, -0.2) is 12.1 Å². The highest BCUT2D eigenvalue weighted by molar-refractivity contribution is 6.40. The van der Waals surface area contributed by atoms with Crippen LogP contribution in [0.1, 0.15) is 10.4 Å². The Morgan fingerprint density at radius 1 is 0.667 bits per heavy atom. The largest absolute Gasteiger partial charge is 0.294 e. The maximum atomic E-state index is 12.2. The van der Waals surface area contributed by atoms with Gasteiger partial charge in [0.1, 0.15) is 0 Å². The first kappa shape index (κ1) is 14.3. The summed E-state index contributed by atoms with van der Waals surface area (Å²) in [5.41, 5.74) is 2.69. The summed E-state index contributed by atoms with van der Waals surface area (Å²) in [7, 11) is 0. The predicted molar refractivity (Wildman–Crippen MR) is 97.3 cm³/mol. The van der Waals surface area contributed by atoms with E-state index >= 15 is 0 Å². The van der Waals surface area contributed by atoms with Gasteiger partial charge in [-0.3, -0.25) is 9.59 Å². The summed E-state index contributed by atoms with van der Waals surface area (Å²) in [6.07, 6.45) is 0.395. The SMILES string of the molecule is O=CC(=O)c1c2ccccc2cc2cc(-c3ccccc3)ccc12. The Morgan fingerprint density at radius 2 is 1.38 bits per heavy atom. The Balaban J connectivity index is 2.06. The maximum absolute atomic E-state index is 12.2. The van der Waals surface area contributed by atoms with Crippen LogP contribution < -0.4 is 0 Å². The molecule has 0 aliphatic rings.